The van der Waals surface area contributed by atoms with Gasteiger partial charge in [0, 0.05) is 18.2 Å². The molecule has 0 radical (unpaired) electrons. The van der Waals surface area contributed by atoms with Gasteiger partial charge in [0.1, 0.15) is 5.75 Å². The van der Waals surface area contributed by atoms with Crippen LogP contribution < -0.4 is 10.1 Å². The third kappa shape index (κ3) is 3.57. The Hall–Kier alpha value is -1.51. The quantitative estimate of drug-likeness (QED) is 0.776. The van der Waals surface area contributed by atoms with E-state index in [0.717, 1.165) is 36.4 Å². The zero-order valence-corrected chi connectivity index (χ0v) is 10.2. The number of benzene rings is 1. The molecule has 0 aliphatic rings. The summed E-state index contributed by atoms with van der Waals surface area (Å²) in [7, 11) is 0. The number of carbonyl (C=O) groups excluding carboxylic acids is 1. The number of unbranched alkanes of at least 4 members (excludes halogenated alkanes) is 1. The number of amides is 1. The maximum atomic E-state index is 11.0. The molecule has 1 amide bonds. The number of ether oxygens (including phenoxy) is 1. The molecule has 3 nitrogen and oxygen atoms in total. The lowest BCUT2D eigenvalue weighted by molar-refractivity contribution is -0.114. The highest BCUT2D eigenvalue weighted by Crippen LogP contribution is 2.25. The Morgan fingerprint density at radius 3 is 2.81 bits per heavy atom. The highest BCUT2D eigenvalue weighted by molar-refractivity contribution is 5.89. The van der Waals surface area contributed by atoms with Crippen LogP contribution in [0.4, 0.5) is 5.69 Å². The van der Waals surface area contributed by atoms with E-state index in [4.69, 9.17) is 4.74 Å². The number of rotatable bonds is 5. The van der Waals surface area contributed by atoms with Crippen LogP contribution in [0.25, 0.3) is 0 Å². The molecule has 0 aromatic heterocycles. The van der Waals surface area contributed by atoms with Crippen LogP contribution in [0, 0.1) is 6.92 Å². The van der Waals surface area contributed by atoms with E-state index in [9.17, 15) is 4.79 Å². The van der Waals surface area contributed by atoms with Gasteiger partial charge in [0.15, 0.2) is 0 Å². The van der Waals surface area contributed by atoms with E-state index in [1.807, 2.05) is 25.1 Å². The van der Waals surface area contributed by atoms with Crippen molar-refractivity contribution >= 4 is 11.6 Å². The summed E-state index contributed by atoms with van der Waals surface area (Å²) in [4.78, 5) is 11.0. The molecule has 3 heteroatoms. The number of hydrogen-bond acceptors (Lipinski definition) is 2. The van der Waals surface area contributed by atoms with Crippen LogP contribution in [-0.2, 0) is 4.79 Å². The number of hydrogen-bond donors (Lipinski definition) is 1. The molecule has 16 heavy (non-hydrogen) atoms. The third-order valence-electron chi connectivity index (χ3n) is 2.35. The second-order valence-corrected chi connectivity index (χ2v) is 3.81. The molecule has 0 fully saturated rings. The molecule has 0 unspecified atom stereocenters. The van der Waals surface area contributed by atoms with E-state index < -0.39 is 0 Å². The Morgan fingerprint density at radius 1 is 1.44 bits per heavy atom. The van der Waals surface area contributed by atoms with Crippen molar-refractivity contribution in [2.45, 2.75) is 33.6 Å². The van der Waals surface area contributed by atoms with Gasteiger partial charge in [0.05, 0.1) is 6.61 Å². The maximum absolute atomic E-state index is 11.0. The summed E-state index contributed by atoms with van der Waals surface area (Å²) in [6.07, 6.45) is 2.16. The smallest absolute Gasteiger partial charge is 0.221 e. The van der Waals surface area contributed by atoms with Gasteiger partial charge in [0.2, 0.25) is 5.91 Å². The van der Waals surface area contributed by atoms with E-state index in [2.05, 4.69) is 12.2 Å². The summed E-state index contributed by atoms with van der Waals surface area (Å²) in [5.41, 5.74) is 1.80. The predicted molar refractivity (Wildman–Crippen MR) is 65.9 cm³/mol. The minimum atomic E-state index is -0.0613. The van der Waals surface area contributed by atoms with Crippen LogP contribution in [0.2, 0.25) is 0 Å². The van der Waals surface area contributed by atoms with Crippen LogP contribution in [0.15, 0.2) is 18.2 Å². The monoisotopic (exact) mass is 221 g/mol. The molecule has 0 saturated heterocycles. The van der Waals surface area contributed by atoms with Gasteiger partial charge in [-0.1, -0.05) is 19.4 Å². The minimum absolute atomic E-state index is 0.0613. The molecule has 0 aliphatic carbocycles. The van der Waals surface area contributed by atoms with Crippen LogP contribution in [0.1, 0.15) is 32.3 Å². The van der Waals surface area contributed by atoms with Gasteiger partial charge in [-0.15, -0.1) is 0 Å². The van der Waals surface area contributed by atoms with Gasteiger partial charge in [-0.2, -0.15) is 0 Å². The molecule has 0 spiro atoms. The molecule has 1 N–H and O–H groups in total. The normalized spacial score (nSPS) is 9.94. The second-order valence-electron chi connectivity index (χ2n) is 3.81. The Kier molecular flexibility index (Phi) is 4.83. The van der Waals surface area contributed by atoms with E-state index in [-0.39, 0.29) is 5.91 Å². The van der Waals surface area contributed by atoms with Crippen molar-refractivity contribution in [1.29, 1.82) is 0 Å². The Bertz CT molecular complexity index is 361. The molecule has 0 atom stereocenters. The first-order valence-electron chi connectivity index (χ1n) is 5.65. The summed E-state index contributed by atoms with van der Waals surface area (Å²) < 4.78 is 5.65. The van der Waals surface area contributed by atoms with Crippen molar-refractivity contribution in [1.82, 2.24) is 0 Å². The van der Waals surface area contributed by atoms with Gasteiger partial charge in [-0.3, -0.25) is 4.79 Å². The predicted octanol–water partition coefficient (Wildman–Crippen LogP) is 3.13. The van der Waals surface area contributed by atoms with E-state index >= 15 is 0 Å². The zero-order chi connectivity index (χ0) is 12.0. The van der Waals surface area contributed by atoms with Gasteiger partial charge in [0.25, 0.3) is 0 Å². The Morgan fingerprint density at radius 2 is 2.19 bits per heavy atom. The molecule has 0 bridgehead atoms. The molecule has 1 aromatic carbocycles. The largest absolute Gasteiger partial charge is 0.493 e. The molecule has 1 aromatic rings. The van der Waals surface area contributed by atoms with E-state index in [1.165, 1.54) is 6.92 Å². The van der Waals surface area contributed by atoms with Gasteiger partial charge in [-0.05, 0) is 25.5 Å². The van der Waals surface area contributed by atoms with E-state index in [1.54, 1.807) is 0 Å². The minimum Gasteiger partial charge on any atom is -0.493 e. The van der Waals surface area contributed by atoms with Crippen LogP contribution >= 0.6 is 0 Å². The van der Waals surface area contributed by atoms with Gasteiger partial charge >= 0.3 is 0 Å². The van der Waals surface area contributed by atoms with Crippen molar-refractivity contribution in [3.05, 3.63) is 23.8 Å². The standard InChI is InChI=1S/C13H19NO2/c1-4-5-9-16-13-8-6-7-12(10(13)2)14-11(3)15/h6-8H,4-5,9H2,1-3H3,(H,14,15). The lowest BCUT2D eigenvalue weighted by Gasteiger charge is -2.12. The molecule has 88 valence electrons. The zero-order valence-electron chi connectivity index (χ0n) is 10.2. The molecule has 0 heterocycles. The fraction of sp³-hybridized carbons (Fsp3) is 0.462. The number of carbonyl (C=O) groups is 1. The number of anilines is 1. The van der Waals surface area contributed by atoms with Gasteiger partial charge < -0.3 is 10.1 Å². The van der Waals surface area contributed by atoms with Crippen LogP contribution in [0.5, 0.6) is 5.75 Å². The van der Waals surface area contributed by atoms with Crippen LogP contribution in [0.3, 0.4) is 0 Å². The molecule has 0 saturated carbocycles. The fourth-order valence-electron chi connectivity index (χ4n) is 1.42. The van der Waals surface area contributed by atoms with Crippen molar-refractivity contribution in [2.75, 3.05) is 11.9 Å². The average molecular weight is 221 g/mol. The third-order valence-corrected chi connectivity index (χ3v) is 2.35. The van der Waals surface area contributed by atoms with E-state index in [0.29, 0.717) is 0 Å². The highest BCUT2D eigenvalue weighted by Gasteiger charge is 2.05. The lowest BCUT2D eigenvalue weighted by Crippen LogP contribution is -2.08. The Labute approximate surface area is 96.8 Å². The fourth-order valence-corrected chi connectivity index (χ4v) is 1.42. The SMILES string of the molecule is CCCCOc1cccc(NC(C)=O)c1C. The average Bonchev–Trinajstić information content (AvgIpc) is 2.23. The first kappa shape index (κ1) is 12.6. The maximum Gasteiger partial charge on any atom is 0.221 e. The van der Waals surface area contributed by atoms with Crippen LogP contribution in [-0.4, -0.2) is 12.5 Å². The van der Waals surface area contributed by atoms with Crippen molar-refractivity contribution in [3.8, 4) is 5.75 Å². The molecule has 0 aliphatic heterocycles. The molecular formula is C13H19NO2. The van der Waals surface area contributed by atoms with Crippen molar-refractivity contribution in [3.63, 3.8) is 0 Å². The molecule has 1 rings (SSSR count). The number of nitrogens with one attached hydrogen (secondary N) is 1. The van der Waals surface area contributed by atoms with Crippen molar-refractivity contribution in [2.24, 2.45) is 0 Å². The lowest BCUT2D eigenvalue weighted by atomic mass is 10.2. The topological polar surface area (TPSA) is 38.3 Å². The van der Waals surface area contributed by atoms with Crippen molar-refractivity contribution < 1.29 is 9.53 Å². The Balaban J connectivity index is 2.74. The first-order chi connectivity index (χ1) is 7.65. The summed E-state index contributed by atoms with van der Waals surface area (Å²) in [6, 6.07) is 5.69. The summed E-state index contributed by atoms with van der Waals surface area (Å²) in [6.45, 7) is 6.31. The summed E-state index contributed by atoms with van der Waals surface area (Å²) in [5.74, 6) is 0.786. The molecular weight excluding hydrogens is 202 g/mol. The second kappa shape index (κ2) is 6.16. The summed E-state index contributed by atoms with van der Waals surface area (Å²) >= 11 is 0. The highest BCUT2D eigenvalue weighted by atomic mass is 16.5. The summed E-state index contributed by atoms with van der Waals surface area (Å²) in [5, 5.41) is 2.78. The van der Waals surface area contributed by atoms with Gasteiger partial charge in [-0.25, -0.2) is 0 Å². The first-order valence-corrected chi connectivity index (χ1v) is 5.65.